The van der Waals surface area contributed by atoms with E-state index in [1.807, 2.05) is 25.7 Å². The topological polar surface area (TPSA) is 58.6 Å². The first kappa shape index (κ1) is 15.0. The summed E-state index contributed by atoms with van der Waals surface area (Å²) in [5.74, 6) is 0.358. The summed E-state index contributed by atoms with van der Waals surface area (Å²) in [6, 6.07) is 0.553. The first-order valence-corrected chi connectivity index (χ1v) is 6.55. The van der Waals surface area contributed by atoms with Crippen LogP contribution in [0, 0.1) is 0 Å². The minimum absolute atomic E-state index is 0.318. The molecule has 18 heavy (non-hydrogen) atoms. The van der Waals surface area contributed by atoms with Crippen LogP contribution in [0.5, 0.6) is 0 Å². The molecule has 0 bridgehead atoms. The Bertz CT molecular complexity index is 280. The molecule has 0 aromatic carbocycles. The Labute approximate surface area is 109 Å². The van der Waals surface area contributed by atoms with Crippen LogP contribution in [0.1, 0.15) is 40.0 Å². The van der Waals surface area contributed by atoms with Crippen molar-refractivity contribution in [1.82, 2.24) is 10.2 Å². The van der Waals surface area contributed by atoms with Crippen molar-refractivity contribution in [2.75, 3.05) is 19.6 Å². The van der Waals surface area contributed by atoms with Crippen molar-refractivity contribution in [1.29, 1.82) is 0 Å². The lowest BCUT2D eigenvalue weighted by Gasteiger charge is -2.40. The van der Waals surface area contributed by atoms with Gasteiger partial charge in [-0.05, 0) is 46.7 Å². The number of carbonyl (C=O) groups is 2. The average Bonchev–Trinajstić information content (AvgIpc) is 2.28. The number of piperidine rings is 1. The molecule has 0 radical (unpaired) electrons. The Kier molecular flexibility index (Phi) is 5.59. The van der Waals surface area contributed by atoms with Crippen LogP contribution < -0.4 is 5.32 Å². The second-order valence-electron chi connectivity index (χ2n) is 5.64. The van der Waals surface area contributed by atoms with Gasteiger partial charge in [-0.2, -0.15) is 0 Å². The highest BCUT2D eigenvalue weighted by Crippen LogP contribution is 2.19. The number of carbonyl (C=O) groups excluding carboxylic acids is 2. The third-order valence-electron chi connectivity index (χ3n) is 3.04. The van der Waals surface area contributed by atoms with Crippen LogP contribution in [0.4, 0.5) is 0 Å². The fourth-order valence-electron chi connectivity index (χ4n) is 1.98. The molecular formula is C13H24N2O3. The molecule has 0 aromatic rings. The third-order valence-corrected chi connectivity index (χ3v) is 3.04. The largest absolute Gasteiger partial charge is 0.462 e. The van der Waals surface area contributed by atoms with Gasteiger partial charge in [-0.3, -0.25) is 9.59 Å². The summed E-state index contributed by atoms with van der Waals surface area (Å²) in [5, 5.41) is 3.29. The Morgan fingerprint density at radius 3 is 2.22 bits per heavy atom. The van der Waals surface area contributed by atoms with Gasteiger partial charge in [0.15, 0.2) is 0 Å². The van der Waals surface area contributed by atoms with Crippen molar-refractivity contribution < 1.29 is 14.3 Å². The Hall–Kier alpha value is -1.10. The Morgan fingerprint density at radius 2 is 1.94 bits per heavy atom. The van der Waals surface area contributed by atoms with Gasteiger partial charge in [0.1, 0.15) is 5.60 Å². The van der Waals surface area contributed by atoms with E-state index in [1.54, 1.807) is 0 Å². The van der Waals surface area contributed by atoms with E-state index in [0.717, 1.165) is 38.9 Å². The zero-order valence-corrected chi connectivity index (χ0v) is 11.6. The quantitative estimate of drug-likeness (QED) is 0.590. The summed E-state index contributed by atoms with van der Waals surface area (Å²) in [4.78, 5) is 22.7. The minimum Gasteiger partial charge on any atom is -0.462 e. The van der Waals surface area contributed by atoms with E-state index in [4.69, 9.17) is 0 Å². The molecule has 2 aliphatic rings. The zero-order chi connectivity index (χ0) is 13.6. The smallest absolute Gasteiger partial charge is 0.293 e. The maximum atomic E-state index is 11.0. The number of amides is 1. The fourth-order valence-corrected chi connectivity index (χ4v) is 1.98. The minimum atomic E-state index is -0.318. The summed E-state index contributed by atoms with van der Waals surface area (Å²) in [6.45, 7) is 9.08. The van der Waals surface area contributed by atoms with Gasteiger partial charge >= 0.3 is 0 Å². The van der Waals surface area contributed by atoms with Crippen molar-refractivity contribution in [2.45, 2.75) is 51.7 Å². The van der Waals surface area contributed by atoms with Crippen molar-refractivity contribution >= 4 is 12.4 Å². The summed E-state index contributed by atoms with van der Waals surface area (Å²) < 4.78 is 4.55. The summed E-state index contributed by atoms with van der Waals surface area (Å²) in [5.41, 5.74) is -0.318. The van der Waals surface area contributed by atoms with Crippen molar-refractivity contribution in [3.63, 3.8) is 0 Å². The predicted molar refractivity (Wildman–Crippen MR) is 69.1 cm³/mol. The first-order chi connectivity index (χ1) is 8.44. The van der Waals surface area contributed by atoms with E-state index >= 15 is 0 Å². The van der Waals surface area contributed by atoms with E-state index in [0.29, 0.717) is 18.4 Å². The van der Waals surface area contributed by atoms with Gasteiger partial charge in [-0.25, -0.2) is 0 Å². The second-order valence-corrected chi connectivity index (χ2v) is 5.64. The lowest BCUT2D eigenvalue weighted by atomic mass is 10.0. The van der Waals surface area contributed by atoms with Gasteiger partial charge in [0, 0.05) is 19.0 Å². The van der Waals surface area contributed by atoms with Crippen LogP contribution >= 0.6 is 0 Å². The van der Waals surface area contributed by atoms with Gasteiger partial charge in [0.2, 0.25) is 5.91 Å². The molecule has 0 aromatic heterocycles. The number of hydrogen-bond acceptors (Lipinski definition) is 4. The van der Waals surface area contributed by atoms with Crippen molar-refractivity contribution in [3.8, 4) is 0 Å². The summed E-state index contributed by atoms with van der Waals surface area (Å²) in [7, 11) is 0. The van der Waals surface area contributed by atoms with E-state index < -0.39 is 0 Å². The molecule has 2 heterocycles. The predicted octanol–water partition coefficient (Wildman–Crippen LogP) is 0.929. The summed E-state index contributed by atoms with van der Waals surface area (Å²) >= 11 is 0. The number of likely N-dealkylation sites (tertiary alicyclic amines) is 1. The third kappa shape index (κ3) is 5.04. The van der Waals surface area contributed by atoms with E-state index in [2.05, 4.69) is 10.1 Å². The Morgan fingerprint density at radius 1 is 1.33 bits per heavy atom. The van der Waals surface area contributed by atoms with Crippen LogP contribution in [0.15, 0.2) is 0 Å². The zero-order valence-electron chi connectivity index (χ0n) is 11.6. The number of rotatable bonds is 2. The van der Waals surface area contributed by atoms with Crippen molar-refractivity contribution in [3.05, 3.63) is 0 Å². The van der Waals surface area contributed by atoms with E-state index in [-0.39, 0.29) is 5.60 Å². The van der Waals surface area contributed by atoms with E-state index in [1.165, 1.54) is 0 Å². The summed E-state index contributed by atoms with van der Waals surface area (Å²) in [6.07, 6.45) is 3.07. The maximum absolute atomic E-state index is 11.0. The van der Waals surface area contributed by atoms with Crippen LogP contribution in [0.3, 0.4) is 0 Å². The molecule has 5 heteroatoms. The van der Waals surface area contributed by atoms with Gasteiger partial charge in [-0.1, -0.05) is 0 Å². The van der Waals surface area contributed by atoms with Gasteiger partial charge in [0.25, 0.3) is 6.47 Å². The van der Waals surface area contributed by atoms with E-state index in [9.17, 15) is 9.59 Å². The highest BCUT2D eigenvalue weighted by atomic mass is 16.5. The number of β-lactam (4-membered cyclic amide) rings is 1. The maximum Gasteiger partial charge on any atom is 0.293 e. The molecule has 104 valence electrons. The fraction of sp³-hybridized carbons (Fsp3) is 0.846. The van der Waals surface area contributed by atoms with Gasteiger partial charge in [-0.15, -0.1) is 0 Å². The van der Waals surface area contributed by atoms with Crippen LogP contribution in [0.2, 0.25) is 0 Å². The molecule has 0 spiro atoms. The van der Waals surface area contributed by atoms with Gasteiger partial charge < -0.3 is 15.0 Å². The lowest BCUT2D eigenvalue weighted by molar-refractivity contribution is -0.143. The van der Waals surface area contributed by atoms with Gasteiger partial charge in [0.05, 0.1) is 0 Å². The molecule has 2 saturated heterocycles. The number of nitrogens with zero attached hydrogens (tertiary/aromatic N) is 1. The SMILES string of the molecule is CC(C)(C)OC=O.O=C1CCN1C1CCNCC1. The highest BCUT2D eigenvalue weighted by Gasteiger charge is 2.31. The average molecular weight is 256 g/mol. The molecule has 0 unspecified atom stereocenters. The molecule has 1 N–H and O–H groups in total. The molecule has 0 atom stereocenters. The first-order valence-electron chi connectivity index (χ1n) is 6.55. The normalized spacial score (nSPS) is 20.6. The van der Waals surface area contributed by atoms with Crippen molar-refractivity contribution in [2.24, 2.45) is 0 Å². The standard InChI is InChI=1S/C8H14N2O.C5H10O2/c11-8-3-6-10(8)7-1-4-9-5-2-7;1-5(2,3)7-4-6/h7,9H,1-6H2;4H,1-3H3. The molecular weight excluding hydrogens is 232 g/mol. The number of nitrogens with one attached hydrogen (secondary N) is 1. The highest BCUT2D eigenvalue weighted by molar-refractivity contribution is 5.82. The molecule has 5 nitrogen and oxygen atoms in total. The van der Waals surface area contributed by atoms with Crippen LogP contribution in [-0.4, -0.2) is 48.6 Å². The Balaban J connectivity index is 0.000000203. The molecule has 1 amide bonds. The molecule has 2 rings (SSSR count). The van der Waals surface area contributed by atoms with Crippen LogP contribution in [0.25, 0.3) is 0 Å². The number of ether oxygens (including phenoxy) is 1. The number of hydrogen-bond donors (Lipinski definition) is 1. The molecule has 0 aliphatic carbocycles. The molecule has 2 fully saturated rings. The molecule has 2 aliphatic heterocycles. The lowest BCUT2D eigenvalue weighted by Crippen LogP contribution is -2.53. The second kappa shape index (κ2) is 6.73. The van der Waals surface area contributed by atoms with Crippen LogP contribution in [-0.2, 0) is 14.3 Å². The monoisotopic (exact) mass is 256 g/mol. The molecule has 0 saturated carbocycles.